The van der Waals surface area contributed by atoms with Crippen LogP contribution in [0.15, 0.2) is 55.0 Å². The van der Waals surface area contributed by atoms with Gasteiger partial charge in [0, 0.05) is 48.6 Å². The number of pyridine rings is 1. The number of rotatable bonds is 3. The van der Waals surface area contributed by atoms with Gasteiger partial charge in [0.1, 0.15) is 17.6 Å². The summed E-state index contributed by atoms with van der Waals surface area (Å²) in [7, 11) is 0. The Bertz CT molecular complexity index is 1030. The summed E-state index contributed by atoms with van der Waals surface area (Å²) < 4.78 is 0. The molecule has 7 heteroatoms. The predicted octanol–water partition coefficient (Wildman–Crippen LogP) is 3.64. The number of nitriles is 1. The van der Waals surface area contributed by atoms with Crippen molar-refractivity contribution in [1.29, 1.82) is 5.26 Å². The summed E-state index contributed by atoms with van der Waals surface area (Å²) in [6.07, 6.45) is 5.51. The lowest BCUT2D eigenvalue weighted by molar-refractivity contribution is 0.533. The normalized spacial score (nSPS) is 20.6. The number of fused-ring (bicyclic) bond motifs is 1. The van der Waals surface area contributed by atoms with E-state index in [0.717, 1.165) is 48.9 Å². The van der Waals surface area contributed by atoms with Crippen molar-refractivity contribution in [3.63, 3.8) is 0 Å². The molecule has 2 fully saturated rings. The highest BCUT2D eigenvalue weighted by Crippen LogP contribution is 2.35. The van der Waals surface area contributed by atoms with Gasteiger partial charge in [0.05, 0.1) is 30.0 Å². The van der Waals surface area contributed by atoms with Crippen molar-refractivity contribution >= 4 is 23.1 Å². The van der Waals surface area contributed by atoms with Crippen molar-refractivity contribution in [2.75, 3.05) is 36.0 Å². The smallest absolute Gasteiger partial charge is 0.147 e. The summed E-state index contributed by atoms with van der Waals surface area (Å²) in [5.74, 6) is 2.13. The van der Waals surface area contributed by atoms with E-state index in [4.69, 9.17) is 16.9 Å². The SMILES string of the molecule is N#Cc1ccc(N2CC3CN(c4cnc(-c5ccc(Cl)cc5)cn4)CC3C2)cn1. The van der Waals surface area contributed by atoms with Crippen LogP contribution in [0.2, 0.25) is 5.02 Å². The monoisotopic (exact) mass is 402 g/mol. The molecular formula is C22H19ClN6. The number of benzene rings is 1. The third-order valence-electron chi connectivity index (χ3n) is 5.82. The molecule has 5 rings (SSSR count). The zero-order valence-electron chi connectivity index (χ0n) is 15.7. The van der Waals surface area contributed by atoms with Gasteiger partial charge in [-0.25, -0.2) is 9.97 Å². The van der Waals surface area contributed by atoms with Crippen LogP contribution in [0, 0.1) is 23.2 Å². The van der Waals surface area contributed by atoms with Crippen LogP contribution in [0.3, 0.4) is 0 Å². The molecule has 0 aliphatic carbocycles. The fourth-order valence-electron chi connectivity index (χ4n) is 4.28. The number of anilines is 2. The van der Waals surface area contributed by atoms with E-state index in [0.29, 0.717) is 22.6 Å². The van der Waals surface area contributed by atoms with Gasteiger partial charge in [0.2, 0.25) is 0 Å². The Morgan fingerprint density at radius 3 is 2.14 bits per heavy atom. The highest BCUT2D eigenvalue weighted by molar-refractivity contribution is 6.30. The van der Waals surface area contributed by atoms with E-state index in [-0.39, 0.29) is 0 Å². The first-order valence-corrected chi connectivity index (χ1v) is 10.0. The molecule has 0 spiro atoms. The maximum atomic E-state index is 8.91. The largest absolute Gasteiger partial charge is 0.370 e. The molecule has 2 unspecified atom stereocenters. The number of aromatic nitrogens is 3. The zero-order chi connectivity index (χ0) is 19.8. The van der Waals surface area contributed by atoms with Crippen LogP contribution in [-0.4, -0.2) is 41.1 Å². The number of halogens is 1. The van der Waals surface area contributed by atoms with Gasteiger partial charge in [-0.1, -0.05) is 23.7 Å². The molecule has 3 aromatic rings. The molecule has 0 bridgehead atoms. The Balaban J connectivity index is 1.24. The lowest BCUT2D eigenvalue weighted by atomic mass is 10.0. The lowest BCUT2D eigenvalue weighted by Crippen LogP contribution is -2.29. The van der Waals surface area contributed by atoms with E-state index in [9.17, 15) is 0 Å². The molecule has 2 aromatic heterocycles. The molecule has 0 saturated carbocycles. The highest BCUT2D eigenvalue weighted by Gasteiger charge is 2.40. The molecule has 2 saturated heterocycles. The number of hydrogen-bond acceptors (Lipinski definition) is 6. The predicted molar refractivity (Wildman–Crippen MR) is 113 cm³/mol. The second kappa shape index (κ2) is 7.34. The van der Waals surface area contributed by atoms with Gasteiger partial charge >= 0.3 is 0 Å². The number of nitrogens with zero attached hydrogens (tertiary/aromatic N) is 6. The topological polar surface area (TPSA) is 68.9 Å². The van der Waals surface area contributed by atoms with E-state index in [1.807, 2.05) is 42.7 Å². The van der Waals surface area contributed by atoms with Gasteiger partial charge in [0.25, 0.3) is 0 Å². The summed E-state index contributed by atoms with van der Waals surface area (Å²) in [5.41, 5.74) is 3.42. The number of hydrogen-bond donors (Lipinski definition) is 0. The molecule has 29 heavy (non-hydrogen) atoms. The van der Waals surface area contributed by atoms with Crippen molar-refractivity contribution in [3.05, 3.63) is 65.7 Å². The second-order valence-electron chi connectivity index (χ2n) is 7.61. The Labute approximate surface area is 174 Å². The minimum Gasteiger partial charge on any atom is -0.370 e. The van der Waals surface area contributed by atoms with E-state index in [1.165, 1.54) is 0 Å². The molecule has 0 N–H and O–H groups in total. The molecule has 0 amide bonds. The molecule has 4 heterocycles. The minimum absolute atomic E-state index is 0.458. The van der Waals surface area contributed by atoms with E-state index in [1.54, 1.807) is 12.3 Å². The third kappa shape index (κ3) is 3.50. The summed E-state index contributed by atoms with van der Waals surface area (Å²) in [5, 5.41) is 9.62. The Kier molecular flexibility index (Phi) is 4.53. The van der Waals surface area contributed by atoms with Crippen LogP contribution >= 0.6 is 11.6 Å². The maximum Gasteiger partial charge on any atom is 0.147 e. The van der Waals surface area contributed by atoms with Gasteiger partial charge in [0.15, 0.2) is 0 Å². The van der Waals surface area contributed by atoms with Crippen molar-refractivity contribution in [2.45, 2.75) is 0 Å². The van der Waals surface area contributed by atoms with Gasteiger partial charge < -0.3 is 9.80 Å². The fourth-order valence-corrected chi connectivity index (χ4v) is 4.41. The Morgan fingerprint density at radius 2 is 1.55 bits per heavy atom. The van der Waals surface area contributed by atoms with Crippen molar-refractivity contribution in [3.8, 4) is 17.3 Å². The quantitative estimate of drug-likeness (QED) is 0.666. The first-order chi connectivity index (χ1) is 14.2. The van der Waals surface area contributed by atoms with Gasteiger partial charge in [-0.2, -0.15) is 5.26 Å². The highest BCUT2D eigenvalue weighted by atomic mass is 35.5. The first kappa shape index (κ1) is 17.9. The Morgan fingerprint density at radius 1 is 0.828 bits per heavy atom. The van der Waals surface area contributed by atoms with Crippen LogP contribution in [-0.2, 0) is 0 Å². The average molecular weight is 403 g/mol. The van der Waals surface area contributed by atoms with E-state index in [2.05, 4.69) is 30.8 Å². The van der Waals surface area contributed by atoms with Crippen LogP contribution in [0.1, 0.15) is 5.69 Å². The third-order valence-corrected chi connectivity index (χ3v) is 6.07. The molecule has 2 atom stereocenters. The minimum atomic E-state index is 0.458. The molecule has 2 aliphatic rings. The van der Waals surface area contributed by atoms with E-state index < -0.39 is 0 Å². The summed E-state index contributed by atoms with van der Waals surface area (Å²) >= 11 is 5.96. The molecule has 6 nitrogen and oxygen atoms in total. The second-order valence-corrected chi connectivity index (χ2v) is 8.05. The van der Waals surface area contributed by atoms with Crippen molar-refractivity contribution < 1.29 is 0 Å². The Hall–Kier alpha value is -3.17. The zero-order valence-corrected chi connectivity index (χ0v) is 16.5. The summed E-state index contributed by atoms with van der Waals surface area (Å²) in [4.78, 5) is 18.2. The lowest BCUT2D eigenvalue weighted by Gasteiger charge is -2.23. The maximum absolute atomic E-state index is 8.91. The fraction of sp³-hybridized carbons (Fsp3) is 0.273. The standard InChI is InChI=1S/C22H19ClN6/c23-18-3-1-15(2-4-18)21-9-27-22(10-26-21)29-13-16-11-28(12-17(16)14-29)20-6-5-19(7-24)25-8-20/h1-6,8-10,16-17H,11-14H2. The van der Waals surface area contributed by atoms with Crippen molar-refractivity contribution in [2.24, 2.45) is 11.8 Å². The van der Waals surface area contributed by atoms with Crippen LogP contribution < -0.4 is 9.80 Å². The van der Waals surface area contributed by atoms with Gasteiger partial charge in [-0.05, 0) is 24.3 Å². The molecule has 0 radical (unpaired) electrons. The summed E-state index contributed by atoms with van der Waals surface area (Å²) in [6, 6.07) is 13.5. The average Bonchev–Trinajstić information content (AvgIpc) is 3.34. The first-order valence-electron chi connectivity index (χ1n) is 9.63. The van der Waals surface area contributed by atoms with Crippen LogP contribution in [0.25, 0.3) is 11.3 Å². The molecular weight excluding hydrogens is 384 g/mol. The van der Waals surface area contributed by atoms with Gasteiger partial charge in [-0.15, -0.1) is 0 Å². The van der Waals surface area contributed by atoms with Gasteiger partial charge in [-0.3, -0.25) is 4.98 Å². The van der Waals surface area contributed by atoms with Crippen LogP contribution in [0.4, 0.5) is 11.5 Å². The molecule has 2 aliphatic heterocycles. The van der Waals surface area contributed by atoms with Crippen LogP contribution in [0.5, 0.6) is 0 Å². The van der Waals surface area contributed by atoms with E-state index >= 15 is 0 Å². The molecule has 1 aromatic carbocycles. The molecule has 144 valence electrons. The van der Waals surface area contributed by atoms with Crippen molar-refractivity contribution in [1.82, 2.24) is 15.0 Å². The summed E-state index contributed by atoms with van der Waals surface area (Å²) in [6.45, 7) is 3.98.